The first-order chi connectivity index (χ1) is 6.93. The van der Waals surface area contributed by atoms with Crippen molar-refractivity contribution in [3.05, 3.63) is 0 Å². The molecule has 18 heavy (non-hydrogen) atoms. The molecule has 0 aromatic rings. The Balaban J connectivity index is -0.0000000257. The van der Waals surface area contributed by atoms with Gasteiger partial charge < -0.3 is 20.4 Å². The topological polar surface area (TPSA) is 149 Å². The molecule has 0 aliphatic carbocycles. The van der Waals surface area contributed by atoms with Gasteiger partial charge in [-0.05, 0) is 0 Å². The molecule has 0 saturated heterocycles. The predicted octanol–water partition coefficient (Wildman–Crippen LogP) is 0.359. The largest absolute Gasteiger partial charge is 0.481 e. The molecule has 4 N–H and O–H groups in total. The Morgan fingerprint density at radius 3 is 0.500 bits per heavy atom. The monoisotopic (exact) mass is 452 g/mol. The summed E-state index contributed by atoms with van der Waals surface area (Å²) in [6.45, 7) is 4.33. The van der Waals surface area contributed by atoms with Gasteiger partial charge in [0.2, 0.25) is 0 Å². The summed E-state index contributed by atoms with van der Waals surface area (Å²) in [7, 11) is 0. The van der Waals surface area contributed by atoms with Crippen molar-refractivity contribution in [2.45, 2.75) is 27.7 Å². The van der Waals surface area contributed by atoms with Crippen LogP contribution in [-0.2, 0) is 60.0 Å². The molecule has 0 bridgehead atoms. The van der Waals surface area contributed by atoms with E-state index in [-0.39, 0.29) is 40.8 Å². The minimum absolute atomic E-state index is 0. The van der Waals surface area contributed by atoms with Crippen molar-refractivity contribution in [2.24, 2.45) is 0 Å². The third kappa shape index (κ3) is 4850. The summed E-state index contributed by atoms with van der Waals surface area (Å²) in [5.74, 6) is -3.33. The summed E-state index contributed by atoms with van der Waals surface area (Å²) in [5, 5.41) is 29.7. The third-order valence-corrected chi connectivity index (χ3v) is 0. The zero-order valence-corrected chi connectivity index (χ0v) is 13.2. The van der Waals surface area contributed by atoms with Crippen LogP contribution >= 0.6 is 0 Å². The third-order valence-electron chi connectivity index (χ3n) is 0. The van der Waals surface area contributed by atoms with Crippen LogP contribution < -0.4 is 0 Å². The quantitative estimate of drug-likeness (QED) is 0.385. The fraction of sp³-hybridized carbons (Fsp3) is 0.500. The molecule has 0 spiro atoms. The summed E-state index contributed by atoms with van der Waals surface area (Å²) in [4.78, 5) is 36.0. The van der Waals surface area contributed by atoms with Crippen LogP contribution in [0.15, 0.2) is 0 Å². The smallest absolute Gasteiger partial charge is 0.300 e. The molecule has 0 aliphatic rings. The normalized spacial score (nSPS) is 5.56. The average Bonchev–Trinajstić information content (AvgIpc) is 1.76. The molecular weight excluding hydrogens is 437 g/mol. The van der Waals surface area contributed by atoms with Gasteiger partial charge in [-0.1, -0.05) is 0 Å². The number of hydrogen-bond acceptors (Lipinski definition) is 4. The van der Waals surface area contributed by atoms with Crippen LogP contribution in [0.5, 0.6) is 0 Å². The minimum Gasteiger partial charge on any atom is -0.481 e. The molecule has 0 atom stereocenters. The zero-order chi connectivity index (χ0) is 14.3. The molecular formula is C8H16O8Pd2. The van der Waals surface area contributed by atoms with E-state index in [1.807, 2.05) is 0 Å². The molecule has 0 aromatic carbocycles. The van der Waals surface area contributed by atoms with Crippen LogP contribution in [0.1, 0.15) is 27.7 Å². The van der Waals surface area contributed by atoms with E-state index in [0.717, 1.165) is 27.7 Å². The van der Waals surface area contributed by atoms with Crippen molar-refractivity contribution in [2.75, 3.05) is 0 Å². The van der Waals surface area contributed by atoms with Gasteiger partial charge in [-0.3, -0.25) is 19.2 Å². The maximum Gasteiger partial charge on any atom is 0.300 e. The van der Waals surface area contributed by atoms with Crippen molar-refractivity contribution in [3.63, 3.8) is 0 Å². The first-order valence-electron chi connectivity index (χ1n) is 3.71. The second-order valence-corrected chi connectivity index (χ2v) is 2.08. The fourth-order valence-corrected chi connectivity index (χ4v) is 0. The molecule has 0 rings (SSSR count). The average molecular weight is 453 g/mol. The zero-order valence-electron chi connectivity index (χ0n) is 10.1. The van der Waals surface area contributed by atoms with E-state index in [0.29, 0.717) is 0 Å². The Morgan fingerprint density at radius 2 is 0.500 bits per heavy atom. The van der Waals surface area contributed by atoms with Crippen LogP contribution in [0.2, 0.25) is 0 Å². The van der Waals surface area contributed by atoms with E-state index in [2.05, 4.69) is 0 Å². The van der Waals surface area contributed by atoms with E-state index in [1.165, 1.54) is 0 Å². The van der Waals surface area contributed by atoms with Gasteiger partial charge in [0, 0.05) is 68.5 Å². The van der Waals surface area contributed by atoms with Crippen molar-refractivity contribution >= 4 is 23.9 Å². The number of carboxylic acid groups (broad SMARTS) is 4. The van der Waals surface area contributed by atoms with Crippen LogP contribution in [0, 0.1) is 0 Å². The van der Waals surface area contributed by atoms with Gasteiger partial charge >= 0.3 is 0 Å². The van der Waals surface area contributed by atoms with Crippen LogP contribution in [-0.4, -0.2) is 44.3 Å². The first-order valence-corrected chi connectivity index (χ1v) is 3.71. The number of hydrogen-bond donors (Lipinski definition) is 4. The summed E-state index contributed by atoms with van der Waals surface area (Å²) in [6.07, 6.45) is 0. The molecule has 116 valence electrons. The fourth-order valence-electron chi connectivity index (χ4n) is 0. The summed E-state index contributed by atoms with van der Waals surface area (Å²) in [6, 6.07) is 0. The number of rotatable bonds is 0. The summed E-state index contributed by atoms with van der Waals surface area (Å²) < 4.78 is 0. The number of aliphatic carboxylic acids is 4. The van der Waals surface area contributed by atoms with Gasteiger partial charge in [0.05, 0.1) is 0 Å². The van der Waals surface area contributed by atoms with Gasteiger partial charge in [-0.25, -0.2) is 0 Å². The molecule has 0 aliphatic heterocycles. The molecule has 8 nitrogen and oxygen atoms in total. The molecule has 0 aromatic heterocycles. The van der Waals surface area contributed by atoms with Gasteiger partial charge in [0.15, 0.2) is 0 Å². The van der Waals surface area contributed by atoms with E-state index in [9.17, 15) is 0 Å². The second kappa shape index (κ2) is 29.8. The Morgan fingerprint density at radius 1 is 0.500 bits per heavy atom. The minimum atomic E-state index is -0.833. The summed E-state index contributed by atoms with van der Waals surface area (Å²) >= 11 is 0. The van der Waals surface area contributed by atoms with Gasteiger partial charge in [-0.15, -0.1) is 0 Å². The Hall–Kier alpha value is -0.795. The number of carboxylic acids is 4. The summed E-state index contributed by atoms with van der Waals surface area (Å²) in [5.41, 5.74) is 0. The van der Waals surface area contributed by atoms with Crippen molar-refractivity contribution in [3.8, 4) is 0 Å². The first kappa shape index (κ1) is 36.0. The second-order valence-electron chi connectivity index (χ2n) is 2.08. The Labute approximate surface area is 132 Å². The van der Waals surface area contributed by atoms with Crippen molar-refractivity contribution in [1.82, 2.24) is 0 Å². The van der Waals surface area contributed by atoms with Gasteiger partial charge in [-0.2, -0.15) is 0 Å². The van der Waals surface area contributed by atoms with Crippen LogP contribution in [0.4, 0.5) is 0 Å². The molecule has 0 amide bonds. The van der Waals surface area contributed by atoms with Crippen molar-refractivity contribution < 1.29 is 80.4 Å². The van der Waals surface area contributed by atoms with E-state index in [4.69, 9.17) is 39.6 Å². The van der Waals surface area contributed by atoms with E-state index < -0.39 is 23.9 Å². The maximum absolute atomic E-state index is 9.00. The molecule has 0 fully saturated rings. The Bertz CT molecular complexity index is 165. The van der Waals surface area contributed by atoms with Crippen LogP contribution in [0.25, 0.3) is 0 Å². The molecule has 0 radical (unpaired) electrons. The van der Waals surface area contributed by atoms with Crippen molar-refractivity contribution in [1.29, 1.82) is 0 Å². The van der Waals surface area contributed by atoms with Gasteiger partial charge in [0.25, 0.3) is 23.9 Å². The maximum atomic E-state index is 9.00. The molecule has 0 saturated carbocycles. The van der Waals surface area contributed by atoms with Crippen LogP contribution in [0.3, 0.4) is 0 Å². The molecule has 0 unspecified atom stereocenters. The SMILES string of the molecule is CC(=O)O.CC(=O)O.CC(=O)O.CC(=O)O.[Pd].[Pd]. The Kier molecular flexibility index (Phi) is 59.7. The number of carbonyl (C=O) groups is 4. The standard InChI is InChI=1S/4C2H4O2.2Pd/c4*1-2(3)4;;/h4*1H3,(H,3,4);;. The van der Waals surface area contributed by atoms with Gasteiger partial charge in [0.1, 0.15) is 0 Å². The van der Waals surface area contributed by atoms with E-state index >= 15 is 0 Å². The van der Waals surface area contributed by atoms with E-state index in [1.54, 1.807) is 0 Å². The molecule has 10 heteroatoms. The molecule has 0 heterocycles. The predicted molar refractivity (Wildman–Crippen MR) is 53.2 cm³/mol.